The minimum absolute atomic E-state index is 0.0536. The number of hydrogen-bond acceptors (Lipinski definition) is 5. The lowest BCUT2D eigenvalue weighted by molar-refractivity contribution is 0.647. The van der Waals surface area contributed by atoms with Crippen molar-refractivity contribution < 1.29 is 8.83 Å². The average Bonchev–Trinajstić information content (AvgIpc) is 3.90. The van der Waals surface area contributed by atoms with Crippen molar-refractivity contribution >= 4 is 76.2 Å². The molecule has 0 saturated carbocycles. The fraction of sp³-hybridized carbons (Fsp3) is 0.0500. The van der Waals surface area contributed by atoms with E-state index in [2.05, 4.69) is 170 Å². The molecule has 1 atom stereocenters. The highest BCUT2D eigenvalue weighted by Gasteiger charge is 2.30. The zero-order valence-corrected chi connectivity index (χ0v) is 35.1. The van der Waals surface area contributed by atoms with Gasteiger partial charge in [-0.15, -0.1) is 0 Å². The summed E-state index contributed by atoms with van der Waals surface area (Å²) < 4.78 is 13.4. The number of rotatable bonds is 4. The highest BCUT2D eigenvalue weighted by atomic mass is 16.3. The summed E-state index contributed by atoms with van der Waals surface area (Å²) in [5, 5.41) is 11.4. The van der Waals surface area contributed by atoms with E-state index in [1.165, 1.54) is 43.8 Å². The predicted octanol–water partition coefficient (Wildman–Crippen LogP) is 15.9. The summed E-state index contributed by atoms with van der Waals surface area (Å²) in [7, 11) is 0. The summed E-state index contributed by atoms with van der Waals surface area (Å²) in [4.78, 5) is 16.0. The first kappa shape index (κ1) is 36.1. The van der Waals surface area contributed by atoms with Crippen LogP contribution in [0.3, 0.4) is 0 Å². The monoisotopic (exact) mass is 831 g/mol. The molecule has 0 bridgehead atoms. The average molecular weight is 832 g/mol. The Hall–Kier alpha value is -8.41. The molecule has 0 radical (unpaired) electrons. The number of hydrogen-bond donors (Lipinski definition) is 0. The third kappa shape index (κ3) is 5.62. The fourth-order valence-electron chi connectivity index (χ4n) is 10.7. The van der Waals surface area contributed by atoms with Crippen LogP contribution in [0.2, 0.25) is 0 Å². The van der Waals surface area contributed by atoms with Crippen molar-refractivity contribution in [3.63, 3.8) is 0 Å². The van der Waals surface area contributed by atoms with Crippen LogP contribution in [0.15, 0.2) is 203 Å². The van der Waals surface area contributed by atoms with Crippen molar-refractivity contribution in [1.82, 2.24) is 15.0 Å². The molecule has 0 aliphatic heterocycles. The molecule has 1 unspecified atom stereocenters. The molecule has 5 nitrogen and oxygen atoms in total. The van der Waals surface area contributed by atoms with Gasteiger partial charge in [0.05, 0.1) is 0 Å². The molecule has 5 heteroatoms. The maximum absolute atomic E-state index is 7.06. The second-order valence-corrected chi connectivity index (χ2v) is 17.3. The highest BCUT2D eigenvalue weighted by Crippen LogP contribution is 2.49. The van der Waals surface area contributed by atoms with Gasteiger partial charge in [0, 0.05) is 49.7 Å². The van der Waals surface area contributed by atoms with E-state index in [1.807, 2.05) is 24.3 Å². The molecule has 10 aromatic carbocycles. The number of nitrogens with zero attached hydrogens (tertiary/aromatic N) is 3. The van der Waals surface area contributed by atoms with Gasteiger partial charge < -0.3 is 8.83 Å². The highest BCUT2D eigenvalue weighted by molar-refractivity contribution is 6.13. The van der Waals surface area contributed by atoms with E-state index in [-0.39, 0.29) is 5.92 Å². The summed E-state index contributed by atoms with van der Waals surface area (Å²) in [6, 6.07) is 69.0. The third-order valence-electron chi connectivity index (χ3n) is 13.8. The summed E-state index contributed by atoms with van der Waals surface area (Å²) in [6.07, 6.45) is 1.85. The van der Waals surface area contributed by atoms with E-state index in [9.17, 15) is 0 Å². The fourth-order valence-corrected chi connectivity index (χ4v) is 10.7. The maximum atomic E-state index is 7.06. The number of para-hydroxylation sites is 2. The molecule has 13 aromatic rings. The van der Waals surface area contributed by atoms with Crippen LogP contribution in [0.4, 0.5) is 0 Å². The summed E-state index contributed by atoms with van der Waals surface area (Å²) in [5.74, 6) is 1.81. The molecule has 1 aliphatic carbocycles. The van der Waals surface area contributed by atoms with Crippen LogP contribution >= 0.6 is 0 Å². The molecule has 3 aromatic heterocycles. The van der Waals surface area contributed by atoms with Crippen molar-refractivity contribution in [2.75, 3.05) is 0 Å². The number of aromatic nitrogens is 3. The quantitative estimate of drug-likeness (QED) is 0.177. The molecule has 65 heavy (non-hydrogen) atoms. The lowest BCUT2D eigenvalue weighted by atomic mass is 9.82. The van der Waals surface area contributed by atoms with Gasteiger partial charge >= 0.3 is 0 Å². The molecule has 0 amide bonds. The molecular weight excluding hydrogens is 795 g/mol. The van der Waals surface area contributed by atoms with E-state index >= 15 is 0 Å². The third-order valence-corrected chi connectivity index (χ3v) is 13.8. The van der Waals surface area contributed by atoms with E-state index in [0.717, 1.165) is 89.7 Å². The lowest BCUT2D eigenvalue weighted by Gasteiger charge is -2.21. The normalized spacial score (nSPS) is 13.9. The Balaban J connectivity index is 1.01. The van der Waals surface area contributed by atoms with E-state index in [0.29, 0.717) is 17.5 Å². The van der Waals surface area contributed by atoms with E-state index in [4.69, 9.17) is 23.8 Å². The molecule has 0 spiro atoms. The van der Waals surface area contributed by atoms with Crippen LogP contribution in [-0.2, 0) is 6.42 Å². The van der Waals surface area contributed by atoms with Gasteiger partial charge in [-0.05, 0) is 104 Å². The summed E-state index contributed by atoms with van der Waals surface area (Å²) in [6.45, 7) is 0. The Bertz CT molecular complexity index is 4100. The first-order valence-corrected chi connectivity index (χ1v) is 22.3. The zero-order chi connectivity index (χ0) is 42.6. The number of aryl methyl sites for hydroxylation is 1. The molecule has 14 rings (SSSR count). The minimum atomic E-state index is 0.0536. The van der Waals surface area contributed by atoms with Gasteiger partial charge in [0.15, 0.2) is 17.5 Å². The van der Waals surface area contributed by atoms with Gasteiger partial charge in [0.2, 0.25) is 0 Å². The van der Waals surface area contributed by atoms with Gasteiger partial charge in [-0.3, -0.25) is 0 Å². The van der Waals surface area contributed by atoms with Gasteiger partial charge in [-0.25, -0.2) is 15.0 Å². The van der Waals surface area contributed by atoms with Crippen LogP contribution < -0.4 is 0 Å². The predicted molar refractivity (Wildman–Crippen MR) is 265 cm³/mol. The number of furan rings is 2. The maximum Gasteiger partial charge on any atom is 0.164 e. The Labute approximate surface area is 373 Å². The largest absolute Gasteiger partial charge is 0.456 e. The second-order valence-electron chi connectivity index (χ2n) is 17.3. The van der Waals surface area contributed by atoms with Gasteiger partial charge in [0.1, 0.15) is 22.3 Å². The number of benzene rings is 10. The van der Waals surface area contributed by atoms with Crippen LogP contribution in [0, 0.1) is 0 Å². The van der Waals surface area contributed by atoms with Crippen LogP contribution in [0.1, 0.15) is 29.0 Å². The standard InChI is InChI=1S/C60H37N3O2/c1-2-15-38-33-51-39(32-37(38)14-1)25-27-43(46-29-24-36-13-4-6-18-42(36)55(46)51)47-30-31-50(56-49-20-8-10-23-53(49)65-57(47)56)60-62-58(40-26-28-45-44-19-7-9-22-52(44)64-54(45)34-40)61-59(63-60)48-21-11-16-35-12-3-5-17-41(35)48/h1-24,26,28-34,43H,25,27H2. The van der Waals surface area contributed by atoms with Crippen molar-refractivity contribution in [1.29, 1.82) is 0 Å². The Morgan fingerprint density at radius 2 is 1.00 bits per heavy atom. The molecule has 0 N–H and O–H groups in total. The second kappa shape index (κ2) is 14.0. The molecule has 0 fully saturated rings. The topological polar surface area (TPSA) is 65.0 Å². The van der Waals surface area contributed by atoms with Crippen LogP contribution in [0.5, 0.6) is 0 Å². The first-order chi connectivity index (χ1) is 32.2. The molecule has 304 valence electrons. The summed E-state index contributed by atoms with van der Waals surface area (Å²) in [5.41, 5.74) is 12.5. The minimum Gasteiger partial charge on any atom is -0.456 e. The van der Waals surface area contributed by atoms with Crippen LogP contribution in [-0.4, -0.2) is 15.0 Å². The van der Waals surface area contributed by atoms with Crippen molar-refractivity contribution in [3.05, 3.63) is 211 Å². The molecule has 3 heterocycles. The Kier molecular flexibility index (Phi) is 7.80. The summed E-state index contributed by atoms with van der Waals surface area (Å²) >= 11 is 0. The van der Waals surface area contributed by atoms with Crippen molar-refractivity contribution in [2.45, 2.75) is 18.8 Å². The SMILES string of the molecule is c1ccc2cc3c(cc2c1)CCC(c1ccc(-c2nc(-c4ccc5c(c4)oc4ccccc45)nc(-c4cccc5ccccc45)n2)c2c1oc1ccccc12)c1ccc2ccccc2c1-3. The molecule has 0 saturated heterocycles. The Morgan fingerprint density at radius 1 is 0.385 bits per heavy atom. The van der Waals surface area contributed by atoms with Gasteiger partial charge in [0.25, 0.3) is 0 Å². The van der Waals surface area contributed by atoms with Crippen LogP contribution in [0.25, 0.3) is 121 Å². The van der Waals surface area contributed by atoms with E-state index in [1.54, 1.807) is 0 Å². The first-order valence-electron chi connectivity index (χ1n) is 22.3. The van der Waals surface area contributed by atoms with Gasteiger partial charge in [-0.1, -0.05) is 158 Å². The Morgan fingerprint density at radius 3 is 1.83 bits per heavy atom. The number of fused-ring (bicyclic) bond motifs is 13. The van der Waals surface area contributed by atoms with Crippen molar-refractivity contribution in [2.24, 2.45) is 0 Å². The zero-order valence-electron chi connectivity index (χ0n) is 35.1. The smallest absolute Gasteiger partial charge is 0.164 e. The lowest BCUT2D eigenvalue weighted by Crippen LogP contribution is -2.04. The van der Waals surface area contributed by atoms with Crippen molar-refractivity contribution in [3.8, 4) is 45.3 Å². The van der Waals surface area contributed by atoms with Gasteiger partial charge in [-0.2, -0.15) is 0 Å². The van der Waals surface area contributed by atoms with E-state index < -0.39 is 0 Å². The molecular formula is C60H37N3O2. The molecule has 1 aliphatic rings.